The number of benzene rings is 1. The summed E-state index contributed by atoms with van der Waals surface area (Å²) in [5.41, 5.74) is -0.142. The van der Waals surface area contributed by atoms with E-state index in [-0.39, 0.29) is 11.7 Å². The predicted molar refractivity (Wildman–Crippen MR) is 71.5 cm³/mol. The van der Waals surface area contributed by atoms with Crippen molar-refractivity contribution in [2.75, 3.05) is 26.2 Å². The van der Waals surface area contributed by atoms with Crippen LogP contribution in [0.1, 0.15) is 18.4 Å². The third kappa shape index (κ3) is 2.07. The molecule has 4 nitrogen and oxygen atoms in total. The second-order valence-corrected chi connectivity index (χ2v) is 5.50. The average Bonchev–Trinajstić information content (AvgIpc) is 3.29. The van der Waals surface area contributed by atoms with Crippen molar-refractivity contribution in [3.05, 3.63) is 35.6 Å². The van der Waals surface area contributed by atoms with Crippen LogP contribution >= 0.6 is 0 Å². The van der Waals surface area contributed by atoms with Crippen molar-refractivity contribution >= 4 is 12.3 Å². The number of hydrogen-bond donors (Lipinski definition) is 0. The summed E-state index contributed by atoms with van der Waals surface area (Å²) >= 11 is 0. The molecule has 1 aliphatic carbocycles. The maximum atomic E-state index is 13.9. The Morgan fingerprint density at radius 2 is 1.80 bits per heavy atom. The molecule has 106 valence electrons. The second kappa shape index (κ2) is 4.89. The van der Waals surface area contributed by atoms with Crippen molar-refractivity contribution in [1.29, 1.82) is 0 Å². The highest BCUT2D eigenvalue weighted by atomic mass is 19.1. The quantitative estimate of drug-likeness (QED) is 0.777. The fraction of sp³-hybridized carbons (Fsp3) is 0.467. The van der Waals surface area contributed by atoms with Crippen LogP contribution in [0.15, 0.2) is 24.3 Å². The minimum Gasteiger partial charge on any atom is -0.342 e. The Bertz CT molecular complexity index is 534. The van der Waals surface area contributed by atoms with E-state index < -0.39 is 5.41 Å². The Balaban J connectivity index is 1.78. The maximum absolute atomic E-state index is 13.9. The van der Waals surface area contributed by atoms with Gasteiger partial charge in [-0.3, -0.25) is 9.59 Å². The molecule has 0 spiro atoms. The van der Waals surface area contributed by atoms with Gasteiger partial charge in [0.15, 0.2) is 0 Å². The normalized spacial score (nSPS) is 20.6. The smallest absolute Gasteiger partial charge is 0.233 e. The molecule has 2 fully saturated rings. The van der Waals surface area contributed by atoms with Crippen molar-refractivity contribution in [1.82, 2.24) is 9.80 Å². The van der Waals surface area contributed by atoms with Crippen LogP contribution in [0.2, 0.25) is 0 Å². The highest BCUT2D eigenvalue weighted by Gasteiger charge is 2.54. The zero-order valence-electron chi connectivity index (χ0n) is 11.2. The molecule has 20 heavy (non-hydrogen) atoms. The van der Waals surface area contributed by atoms with E-state index in [4.69, 9.17) is 0 Å². The van der Waals surface area contributed by atoms with Gasteiger partial charge in [-0.15, -0.1) is 0 Å². The SMILES string of the molecule is O=CN1CCN(C(=O)C2(c3ccccc3F)CC2)CC1. The standard InChI is InChI=1S/C15H17FN2O2/c16-13-4-2-1-3-12(13)15(5-6-15)14(20)18-9-7-17(11-19)8-10-18/h1-4,11H,5-10H2. The summed E-state index contributed by atoms with van der Waals surface area (Å²) in [6.45, 7) is 2.19. The van der Waals surface area contributed by atoms with E-state index in [1.165, 1.54) is 6.07 Å². The van der Waals surface area contributed by atoms with E-state index in [9.17, 15) is 14.0 Å². The van der Waals surface area contributed by atoms with Crippen molar-refractivity contribution < 1.29 is 14.0 Å². The van der Waals surface area contributed by atoms with Crippen molar-refractivity contribution in [3.8, 4) is 0 Å². The Hall–Kier alpha value is -1.91. The maximum Gasteiger partial charge on any atom is 0.233 e. The van der Waals surface area contributed by atoms with Crippen LogP contribution in [-0.4, -0.2) is 48.3 Å². The van der Waals surface area contributed by atoms with E-state index in [1.54, 1.807) is 28.0 Å². The summed E-state index contributed by atoms with van der Waals surface area (Å²) in [5.74, 6) is -0.293. The highest BCUT2D eigenvalue weighted by Crippen LogP contribution is 2.50. The van der Waals surface area contributed by atoms with Gasteiger partial charge in [-0.25, -0.2) is 4.39 Å². The third-order valence-electron chi connectivity index (χ3n) is 4.30. The molecule has 0 aromatic heterocycles. The molecule has 2 amide bonds. The molecular weight excluding hydrogens is 259 g/mol. The van der Waals surface area contributed by atoms with Crippen molar-refractivity contribution in [2.24, 2.45) is 0 Å². The molecule has 5 heteroatoms. The number of rotatable bonds is 3. The first kappa shape index (κ1) is 13.1. The molecule has 0 radical (unpaired) electrons. The number of carbonyl (C=O) groups excluding carboxylic acids is 2. The molecule has 1 aromatic carbocycles. The van der Waals surface area contributed by atoms with Crippen LogP contribution in [0.3, 0.4) is 0 Å². The number of halogens is 1. The fourth-order valence-corrected chi connectivity index (χ4v) is 2.91. The molecule has 1 heterocycles. The minimum absolute atomic E-state index is 0.00755. The van der Waals surface area contributed by atoms with Crippen LogP contribution in [0, 0.1) is 5.82 Å². The van der Waals surface area contributed by atoms with Crippen LogP contribution in [-0.2, 0) is 15.0 Å². The monoisotopic (exact) mass is 276 g/mol. The van der Waals surface area contributed by atoms with E-state index in [1.807, 2.05) is 0 Å². The number of amides is 2. The summed E-state index contributed by atoms with van der Waals surface area (Å²) in [6, 6.07) is 6.53. The first-order valence-corrected chi connectivity index (χ1v) is 6.91. The van der Waals surface area contributed by atoms with Crippen LogP contribution < -0.4 is 0 Å². The largest absolute Gasteiger partial charge is 0.342 e. The second-order valence-electron chi connectivity index (χ2n) is 5.50. The van der Waals surface area contributed by atoms with Crippen molar-refractivity contribution in [3.63, 3.8) is 0 Å². The average molecular weight is 276 g/mol. The molecule has 0 bridgehead atoms. The Morgan fingerprint density at radius 1 is 1.15 bits per heavy atom. The van der Waals surface area contributed by atoms with Gasteiger partial charge in [0, 0.05) is 31.7 Å². The predicted octanol–water partition coefficient (Wildman–Crippen LogP) is 1.16. The van der Waals surface area contributed by atoms with Gasteiger partial charge < -0.3 is 9.80 Å². The summed E-state index contributed by atoms with van der Waals surface area (Å²) in [4.78, 5) is 26.8. The van der Waals surface area contributed by atoms with Gasteiger partial charge in [0.05, 0.1) is 5.41 Å². The summed E-state index contributed by atoms with van der Waals surface area (Å²) < 4.78 is 13.9. The van der Waals surface area contributed by atoms with Gasteiger partial charge in [0.25, 0.3) is 0 Å². The lowest BCUT2D eigenvalue weighted by molar-refractivity contribution is -0.137. The fourth-order valence-electron chi connectivity index (χ4n) is 2.91. The highest BCUT2D eigenvalue weighted by molar-refractivity contribution is 5.91. The topological polar surface area (TPSA) is 40.6 Å². The molecule has 1 saturated heterocycles. The molecule has 1 aromatic rings. The van der Waals surface area contributed by atoms with Gasteiger partial charge in [-0.05, 0) is 18.9 Å². The summed E-state index contributed by atoms with van der Waals surface area (Å²) in [6.07, 6.45) is 2.23. The molecule has 0 atom stereocenters. The van der Waals surface area contributed by atoms with Gasteiger partial charge in [-0.2, -0.15) is 0 Å². The number of nitrogens with zero attached hydrogens (tertiary/aromatic N) is 2. The van der Waals surface area contributed by atoms with Gasteiger partial charge in [-0.1, -0.05) is 18.2 Å². The third-order valence-corrected chi connectivity index (χ3v) is 4.30. The Labute approximate surface area is 117 Å². The van der Waals surface area contributed by atoms with Gasteiger partial charge >= 0.3 is 0 Å². The zero-order chi connectivity index (χ0) is 14.2. The first-order valence-electron chi connectivity index (χ1n) is 6.91. The summed E-state index contributed by atoms with van der Waals surface area (Å²) in [5, 5.41) is 0. The van der Waals surface area contributed by atoms with Crippen LogP contribution in [0.4, 0.5) is 4.39 Å². The molecule has 1 aliphatic heterocycles. The van der Waals surface area contributed by atoms with E-state index in [0.29, 0.717) is 44.6 Å². The molecule has 0 N–H and O–H groups in total. The lowest BCUT2D eigenvalue weighted by Gasteiger charge is -2.35. The number of carbonyl (C=O) groups is 2. The Morgan fingerprint density at radius 3 is 2.35 bits per heavy atom. The number of hydrogen-bond acceptors (Lipinski definition) is 2. The molecule has 1 saturated carbocycles. The lowest BCUT2D eigenvalue weighted by atomic mass is 9.93. The van der Waals surface area contributed by atoms with E-state index in [2.05, 4.69) is 0 Å². The van der Waals surface area contributed by atoms with Crippen molar-refractivity contribution in [2.45, 2.75) is 18.3 Å². The van der Waals surface area contributed by atoms with Gasteiger partial charge in [0.1, 0.15) is 5.82 Å². The number of piperazine rings is 1. The molecule has 3 rings (SSSR count). The van der Waals surface area contributed by atoms with Gasteiger partial charge in [0.2, 0.25) is 12.3 Å². The zero-order valence-corrected chi connectivity index (χ0v) is 11.2. The van der Waals surface area contributed by atoms with Crippen LogP contribution in [0.25, 0.3) is 0 Å². The van der Waals surface area contributed by atoms with E-state index in [0.717, 1.165) is 6.41 Å². The van der Waals surface area contributed by atoms with E-state index >= 15 is 0 Å². The minimum atomic E-state index is -0.658. The summed E-state index contributed by atoms with van der Waals surface area (Å²) in [7, 11) is 0. The lowest BCUT2D eigenvalue weighted by Crippen LogP contribution is -2.51. The molecule has 2 aliphatic rings. The van der Waals surface area contributed by atoms with Crippen LogP contribution in [0.5, 0.6) is 0 Å². The Kier molecular flexibility index (Phi) is 3.20. The molecular formula is C15H17FN2O2. The molecule has 0 unspecified atom stereocenters. The first-order chi connectivity index (χ1) is 9.67.